The summed E-state index contributed by atoms with van der Waals surface area (Å²) in [5.74, 6) is 0.510. The maximum absolute atomic E-state index is 11.8. The number of rotatable bonds is 2. The number of para-hydroxylation sites is 1. The van der Waals surface area contributed by atoms with Gasteiger partial charge in [-0.05, 0) is 24.3 Å². The number of hydrogen-bond acceptors (Lipinski definition) is 5. The van der Waals surface area contributed by atoms with Gasteiger partial charge in [-0.2, -0.15) is 0 Å². The van der Waals surface area contributed by atoms with E-state index < -0.39 is 9.84 Å². The van der Waals surface area contributed by atoms with Crippen molar-refractivity contribution in [2.45, 2.75) is 4.90 Å². The van der Waals surface area contributed by atoms with Crippen molar-refractivity contribution >= 4 is 26.6 Å². The lowest BCUT2D eigenvalue weighted by Gasteiger charge is -1.97. The highest BCUT2D eigenvalue weighted by atomic mass is 32.2. The fourth-order valence-corrected chi connectivity index (χ4v) is 2.80. The van der Waals surface area contributed by atoms with E-state index in [2.05, 4.69) is 15.0 Å². The van der Waals surface area contributed by atoms with E-state index in [9.17, 15) is 8.42 Å². The minimum Gasteiger partial charge on any atom is -0.397 e. The number of nitrogens with one attached hydrogen (secondary N) is 1. The van der Waals surface area contributed by atoms with Gasteiger partial charge in [0, 0.05) is 6.26 Å². The minimum atomic E-state index is -3.33. The van der Waals surface area contributed by atoms with Crippen LogP contribution in [0, 0.1) is 0 Å². The summed E-state index contributed by atoms with van der Waals surface area (Å²) in [4.78, 5) is 11.8. The lowest BCUT2D eigenvalue weighted by atomic mass is 10.3. The number of anilines is 1. The molecule has 0 aliphatic carbocycles. The zero-order chi connectivity index (χ0) is 14.3. The van der Waals surface area contributed by atoms with Gasteiger partial charge in [0.25, 0.3) is 0 Å². The molecule has 0 saturated carbocycles. The van der Waals surface area contributed by atoms with Crippen molar-refractivity contribution in [1.29, 1.82) is 0 Å². The van der Waals surface area contributed by atoms with E-state index in [0.717, 1.165) is 6.26 Å². The summed E-state index contributed by atoms with van der Waals surface area (Å²) in [7, 11) is -3.33. The first kappa shape index (κ1) is 12.6. The molecule has 0 aliphatic heterocycles. The van der Waals surface area contributed by atoms with E-state index in [-0.39, 0.29) is 4.90 Å². The van der Waals surface area contributed by atoms with Gasteiger partial charge < -0.3 is 10.7 Å². The molecule has 7 heteroatoms. The highest BCUT2D eigenvalue weighted by Crippen LogP contribution is 2.24. The second-order valence-corrected chi connectivity index (χ2v) is 6.47. The molecular weight excluding hydrogens is 276 g/mol. The van der Waals surface area contributed by atoms with Gasteiger partial charge in [-0.15, -0.1) is 0 Å². The Morgan fingerprint density at radius 2 is 2.00 bits per heavy atom. The smallest absolute Gasteiger partial charge is 0.177 e. The fourth-order valence-electron chi connectivity index (χ4n) is 1.97. The monoisotopic (exact) mass is 288 g/mol. The third kappa shape index (κ3) is 2.12. The van der Waals surface area contributed by atoms with Gasteiger partial charge in [0.2, 0.25) is 0 Å². The van der Waals surface area contributed by atoms with E-state index in [1.807, 2.05) is 0 Å². The Morgan fingerprint density at radius 1 is 1.20 bits per heavy atom. The molecule has 0 radical (unpaired) electrons. The molecule has 0 atom stereocenters. The fraction of sp³-hybridized carbons (Fsp3) is 0.0769. The van der Waals surface area contributed by atoms with Gasteiger partial charge in [0.15, 0.2) is 15.7 Å². The van der Waals surface area contributed by atoms with Crippen molar-refractivity contribution in [1.82, 2.24) is 15.0 Å². The number of fused-ring (bicyclic) bond motifs is 1. The zero-order valence-corrected chi connectivity index (χ0v) is 11.5. The van der Waals surface area contributed by atoms with Gasteiger partial charge in [-0.25, -0.2) is 13.4 Å². The molecule has 3 aromatic rings. The number of nitrogen functional groups attached to an aromatic ring is 1. The maximum atomic E-state index is 11.8. The van der Waals surface area contributed by atoms with Crippen LogP contribution in [0.15, 0.2) is 41.4 Å². The Hall–Kier alpha value is -2.41. The van der Waals surface area contributed by atoms with Crippen molar-refractivity contribution < 1.29 is 8.42 Å². The molecule has 0 spiro atoms. The van der Waals surface area contributed by atoms with E-state index >= 15 is 0 Å². The van der Waals surface area contributed by atoms with Crippen LogP contribution in [0.2, 0.25) is 0 Å². The molecule has 0 fully saturated rings. The minimum absolute atomic E-state index is 0.202. The molecule has 3 rings (SSSR count). The Labute approximate surface area is 115 Å². The number of pyridine rings is 1. The average molecular weight is 288 g/mol. The molecule has 0 amide bonds. The summed E-state index contributed by atoms with van der Waals surface area (Å²) in [5.41, 5.74) is 7.83. The number of sulfone groups is 1. The largest absolute Gasteiger partial charge is 0.397 e. The number of nitrogens with zero attached hydrogens (tertiary/aromatic N) is 2. The van der Waals surface area contributed by atoms with E-state index in [0.29, 0.717) is 28.2 Å². The lowest BCUT2D eigenvalue weighted by Crippen LogP contribution is -1.97. The molecule has 0 unspecified atom stereocenters. The van der Waals surface area contributed by atoms with E-state index in [1.54, 1.807) is 30.3 Å². The first-order chi connectivity index (χ1) is 9.45. The molecule has 102 valence electrons. The Bertz CT molecular complexity index is 882. The molecule has 1 aromatic carbocycles. The van der Waals surface area contributed by atoms with Gasteiger partial charge in [0.05, 0.1) is 22.3 Å². The Balaban J connectivity index is 2.23. The normalized spacial score (nSPS) is 11.8. The molecule has 20 heavy (non-hydrogen) atoms. The number of H-pyrrole nitrogens is 1. The van der Waals surface area contributed by atoms with E-state index in [4.69, 9.17) is 5.73 Å². The number of aromatic amines is 1. The highest BCUT2D eigenvalue weighted by molar-refractivity contribution is 7.91. The van der Waals surface area contributed by atoms with Crippen LogP contribution < -0.4 is 5.73 Å². The second-order valence-electron chi connectivity index (χ2n) is 4.49. The van der Waals surface area contributed by atoms with Crippen molar-refractivity contribution in [2.75, 3.05) is 12.0 Å². The summed E-state index contributed by atoms with van der Waals surface area (Å²) >= 11 is 0. The van der Waals surface area contributed by atoms with Crippen LogP contribution in [0.1, 0.15) is 0 Å². The first-order valence-corrected chi connectivity index (χ1v) is 7.75. The number of hydrogen-bond donors (Lipinski definition) is 2. The first-order valence-electron chi connectivity index (χ1n) is 5.86. The van der Waals surface area contributed by atoms with Crippen LogP contribution in [0.5, 0.6) is 0 Å². The SMILES string of the molecule is CS(=O)(=O)c1cccc2[nH]c(-c3ccc(N)cn3)nc12. The summed E-state index contributed by atoms with van der Waals surface area (Å²) in [6.45, 7) is 0. The van der Waals surface area contributed by atoms with Gasteiger partial charge in [-0.3, -0.25) is 4.98 Å². The molecular formula is C13H12N4O2S. The number of aromatic nitrogens is 3. The summed E-state index contributed by atoms with van der Waals surface area (Å²) in [6.07, 6.45) is 2.69. The third-order valence-electron chi connectivity index (χ3n) is 2.90. The van der Waals surface area contributed by atoms with Crippen LogP contribution >= 0.6 is 0 Å². The predicted molar refractivity (Wildman–Crippen MR) is 76.8 cm³/mol. The molecule has 2 heterocycles. The standard InChI is InChI=1S/C13H12N4O2S/c1-20(18,19)11-4-2-3-9-12(11)17-13(16-9)10-6-5-8(14)7-15-10/h2-7H,14H2,1H3,(H,16,17). The quantitative estimate of drug-likeness (QED) is 0.746. The summed E-state index contributed by atoms with van der Waals surface area (Å²) in [6, 6.07) is 8.44. The topological polar surface area (TPSA) is 102 Å². The molecule has 0 aliphatic rings. The maximum Gasteiger partial charge on any atom is 0.177 e. The van der Waals surface area contributed by atoms with Crippen LogP contribution in [-0.4, -0.2) is 29.6 Å². The van der Waals surface area contributed by atoms with Crippen LogP contribution in [-0.2, 0) is 9.84 Å². The average Bonchev–Trinajstić information content (AvgIpc) is 2.81. The van der Waals surface area contributed by atoms with Crippen molar-refractivity contribution in [3.8, 4) is 11.5 Å². The number of nitrogens with two attached hydrogens (primary N) is 1. The number of imidazole rings is 1. The van der Waals surface area contributed by atoms with Crippen LogP contribution in [0.4, 0.5) is 5.69 Å². The van der Waals surface area contributed by atoms with Crippen molar-refractivity contribution in [3.63, 3.8) is 0 Å². The van der Waals surface area contributed by atoms with Crippen molar-refractivity contribution in [3.05, 3.63) is 36.5 Å². The van der Waals surface area contributed by atoms with Gasteiger partial charge >= 0.3 is 0 Å². The Kier molecular flexibility index (Phi) is 2.72. The van der Waals surface area contributed by atoms with Gasteiger partial charge in [0.1, 0.15) is 11.2 Å². The molecule has 2 aromatic heterocycles. The van der Waals surface area contributed by atoms with Crippen molar-refractivity contribution in [2.24, 2.45) is 0 Å². The molecule has 6 nitrogen and oxygen atoms in total. The summed E-state index contributed by atoms with van der Waals surface area (Å²) in [5, 5.41) is 0. The highest BCUT2D eigenvalue weighted by Gasteiger charge is 2.15. The zero-order valence-electron chi connectivity index (χ0n) is 10.7. The molecule has 0 saturated heterocycles. The molecule has 0 bridgehead atoms. The number of benzene rings is 1. The second kappa shape index (κ2) is 4.31. The molecule has 3 N–H and O–H groups in total. The Morgan fingerprint density at radius 3 is 2.65 bits per heavy atom. The predicted octanol–water partition coefficient (Wildman–Crippen LogP) is 1.61. The van der Waals surface area contributed by atoms with Crippen LogP contribution in [0.3, 0.4) is 0 Å². The van der Waals surface area contributed by atoms with E-state index in [1.165, 1.54) is 6.20 Å². The third-order valence-corrected chi connectivity index (χ3v) is 4.03. The summed E-state index contributed by atoms with van der Waals surface area (Å²) < 4.78 is 23.5. The van der Waals surface area contributed by atoms with Gasteiger partial charge in [-0.1, -0.05) is 6.07 Å². The van der Waals surface area contributed by atoms with Crippen LogP contribution in [0.25, 0.3) is 22.6 Å². The lowest BCUT2D eigenvalue weighted by molar-refractivity contribution is 0.602.